The van der Waals surface area contributed by atoms with Crippen LogP contribution in [-0.2, 0) is 9.59 Å². The van der Waals surface area contributed by atoms with Crippen LogP contribution in [0.2, 0.25) is 0 Å². The van der Waals surface area contributed by atoms with Crippen molar-refractivity contribution in [3.63, 3.8) is 0 Å². The summed E-state index contributed by atoms with van der Waals surface area (Å²) in [6.45, 7) is 0. The van der Waals surface area contributed by atoms with Crippen LogP contribution >= 0.6 is 0 Å². The molecule has 0 aliphatic rings. The Bertz CT molecular complexity index is 97.1. The molecular weight excluding hydrogens is 256 g/mol. The van der Waals surface area contributed by atoms with Crippen molar-refractivity contribution in [1.82, 2.24) is 0 Å². The van der Waals surface area contributed by atoms with Crippen molar-refractivity contribution in [2.75, 3.05) is 0 Å². The Labute approximate surface area is 84.8 Å². The molecule has 0 rings (SSSR count). The van der Waals surface area contributed by atoms with Crippen molar-refractivity contribution in [3.05, 3.63) is 0 Å². The van der Waals surface area contributed by atoms with Crippen LogP contribution in [0.25, 0.3) is 0 Å². The van der Waals surface area contributed by atoms with E-state index in [-0.39, 0.29) is 53.7 Å². The molecular formula is C4H6NdO4. The van der Waals surface area contributed by atoms with Gasteiger partial charge >= 0.3 is 11.9 Å². The van der Waals surface area contributed by atoms with Crippen LogP contribution in [0.5, 0.6) is 0 Å². The minimum Gasteiger partial charge on any atom is -0.481 e. The van der Waals surface area contributed by atoms with Gasteiger partial charge in [0.2, 0.25) is 0 Å². The third-order valence-electron chi connectivity index (χ3n) is 0.553. The molecule has 0 atom stereocenters. The Hall–Kier alpha value is 0.291. The van der Waals surface area contributed by atoms with Gasteiger partial charge in [0.25, 0.3) is 0 Å². The van der Waals surface area contributed by atoms with Gasteiger partial charge in [-0.3, -0.25) is 9.59 Å². The third-order valence-corrected chi connectivity index (χ3v) is 0.553. The number of hydrogen-bond acceptors (Lipinski definition) is 2. The van der Waals surface area contributed by atoms with E-state index in [0.717, 1.165) is 0 Å². The molecule has 2 N–H and O–H groups in total. The van der Waals surface area contributed by atoms with Crippen molar-refractivity contribution in [2.24, 2.45) is 0 Å². The van der Waals surface area contributed by atoms with Crippen LogP contribution in [-0.4, -0.2) is 22.2 Å². The van der Waals surface area contributed by atoms with Crippen LogP contribution in [0.3, 0.4) is 0 Å². The van der Waals surface area contributed by atoms with E-state index in [1.165, 1.54) is 0 Å². The van der Waals surface area contributed by atoms with Crippen LogP contribution < -0.4 is 0 Å². The van der Waals surface area contributed by atoms with Crippen LogP contribution in [0.1, 0.15) is 12.8 Å². The van der Waals surface area contributed by atoms with E-state index >= 15 is 0 Å². The number of aliphatic carboxylic acids is 2. The molecule has 0 amide bonds. The van der Waals surface area contributed by atoms with Crippen molar-refractivity contribution in [3.8, 4) is 0 Å². The molecule has 0 bridgehead atoms. The van der Waals surface area contributed by atoms with Crippen LogP contribution in [0.4, 0.5) is 0 Å². The quantitative estimate of drug-likeness (QED) is 0.747. The summed E-state index contributed by atoms with van der Waals surface area (Å²) in [5.74, 6) is -2.15. The Morgan fingerprint density at radius 1 is 1.00 bits per heavy atom. The van der Waals surface area contributed by atoms with E-state index in [4.69, 9.17) is 10.2 Å². The number of carboxylic acids is 2. The summed E-state index contributed by atoms with van der Waals surface area (Å²) in [5, 5.41) is 15.8. The molecule has 50 valence electrons. The van der Waals surface area contributed by atoms with Gasteiger partial charge in [0.05, 0.1) is 12.8 Å². The first-order valence-corrected chi connectivity index (χ1v) is 2.06. The maximum atomic E-state index is 9.64. The molecule has 9 heavy (non-hydrogen) atoms. The zero-order chi connectivity index (χ0) is 6.57. The van der Waals surface area contributed by atoms with Crippen LogP contribution in [0.15, 0.2) is 0 Å². The fraction of sp³-hybridized carbons (Fsp3) is 0.500. The van der Waals surface area contributed by atoms with E-state index in [1.807, 2.05) is 0 Å². The van der Waals surface area contributed by atoms with Gasteiger partial charge in [-0.05, 0) is 0 Å². The van der Waals surface area contributed by atoms with Gasteiger partial charge in [-0.2, -0.15) is 0 Å². The summed E-state index contributed by atoms with van der Waals surface area (Å²) < 4.78 is 0. The largest absolute Gasteiger partial charge is 0.481 e. The zero-order valence-electron chi connectivity index (χ0n) is 4.63. The SMILES string of the molecule is O=C(O)CCC(=O)O.[Nd]. The predicted octanol–water partition coefficient (Wildman–Crippen LogP) is -0.0642. The van der Waals surface area contributed by atoms with E-state index in [1.54, 1.807) is 0 Å². The third kappa shape index (κ3) is 11.7. The topological polar surface area (TPSA) is 74.6 Å². The van der Waals surface area contributed by atoms with Crippen molar-refractivity contribution in [1.29, 1.82) is 0 Å². The molecule has 0 aromatic heterocycles. The molecule has 0 aromatic carbocycles. The maximum Gasteiger partial charge on any atom is 0.303 e. The molecule has 0 aromatic rings. The average Bonchev–Trinajstić information content (AvgIpc) is 1.61. The molecule has 0 aliphatic heterocycles. The molecule has 5 heteroatoms. The minimum atomic E-state index is -1.08. The fourth-order valence-corrected chi connectivity index (χ4v) is 0.214. The minimum absolute atomic E-state index is 0. The van der Waals surface area contributed by atoms with E-state index in [2.05, 4.69) is 0 Å². The van der Waals surface area contributed by atoms with Gasteiger partial charge in [-0.1, -0.05) is 0 Å². The average molecular weight is 262 g/mol. The van der Waals surface area contributed by atoms with Crippen molar-refractivity contribution in [2.45, 2.75) is 12.8 Å². The Morgan fingerprint density at radius 3 is 1.33 bits per heavy atom. The van der Waals surface area contributed by atoms with Gasteiger partial charge in [-0.25, -0.2) is 0 Å². The van der Waals surface area contributed by atoms with Gasteiger partial charge in [0.15, 0.2) is 0 Å². The van der Waals surface area contributed by atoms with Crippen molar-refractivity contribution >= 4 is 11.9 Å². The van der Waals surface area contributed by atoms with Gasteiger partial charge < -0.3 is 10.2 Å². The molecule has 0 saturated carbocycles. The standard InChI is InChI=1S/C4H6O4.Nd/c5-3(6)1-2-4(7)8;/h1-2H2,(H,5,6)(H,7,8);. The molecule has 0 aliphatic carbocycles. The summed E-state index contributed by atoms with van der Waals surface area (Å²) in [5.41, 5.74) is 0. The second-order valence-electron chi connectivity index (χ2n) is 1.29. The Balaban J connectivity index is 0. The Morgan fingerprint density at radius 2 is 1.22 bits per heavy atom. The smallest absolute Gasteiger partial charge is 0.303 e. The molecule has 0 radical (unpaired) electrons. The van der Waals surface area contributed by atoms with Gasteiger partial charge in [0.1, 0.15) is 0 Å². The summed E-state index contributed by atoms with van der Waals surface area (Å²) in [6.07, 6.45) is -0.593. The summed E-state index contributed by atoms with van der Waals surface area (Å²) >= 11 is 0. The number of carboxylic acid groups (broad SMARTS) is 2. The first-order chi connectivity index (χ1) is 3.63. The van der Waals surface area contributed by atoms with Crippen molar-refractivity contribution < 1.29 is 60.6 Å². The van der Waals surface area contributed by atoms with Crippen LogP contribution in [0, 0.1) is 40.8 Å². The monoisotopic (exact) mass is 260 g/mol. The summed E-state index contributed by atoms with van der Waals surface area (Å²) in [4.78, 5) is 19.3. The number of hydrogen-bond donors (Lipinski definition) is 2. The molecule has 0 spiro atoms. The number of carbonyl (C=O) groups is 2. The Kier molecular flexibility index (Phi) is 8.56. The molecule has 0 saturated heterocycles. The second-order valence-corrected chi connectivity index (χ2v) is 1.29. The maximum absolute atomic E-state index is 9.64. The molecule has 4 nitrogen and oxygen atoms in total. The van der Waals surface area contributed by atoms with E-state index < -0.39 is 11.9 Å². The summed E-state index contributed by atoms with van der Waals surface area (Å²) in [7, 11) is 0. The zero-order valence-corrected chi connectivity index (χ0v) is 7.83. The predicted molar refractivity (Wildman–Crippen MR) is 24.5 cm³/mol. The van der Waals surface area contributed by atoms with Gasteiger partial charge in [0, 0.05) is 40.8 Å². The van der Waals surface area contributed by atoms with E-state index in [0.29, 0.717) is 0 Å². The molecule has 0 unspecified atom stereocenters. The fourth-order valence-electron chi connectivity index (χ4n) is 0.214. The molecule has 0 heterocycles. The molecule has 0 fully saturated rings. The van der Waals surface area contributed by atoms with E-state index in [9.17, 15) is 9.59 Å². The number of rotatable bonds is 3. The first kappa shape index (κ1) is 12.0. The second kappa shape index (κ2) is 6.41. The normalized spacial score (nSPS) is 7.56. The summed E-state index contributed by atoms with van der Waals surface area (Å²) in [6, 6.07) is 0. The van der Waals surface area contributed by atoms with Gasteiger partial charge in [-0.15, -0.1) is 0 Å². The first-order valence-electron chi connectivity index (χ1n) is 2.06.